The van der Waals surface area contributed by atoms with Crippen LogP contribution in [-0.2, 0) is 27.2 Å². The van der Waals surface area contributed by atoms with Crippen LogP contribution in [0.3, 0.4) is 0 Å². The number of rotatable bonds is 5. The lowest BCUT2D eigenvalue weighted by molar-refractivity contribution is -0.149. The highest BCUT2D eigenvalue weighted by atomic mass is 19.1. The van der Waals surface area contributed by atoms with E-state index in [9.17, 15) is 23.9 Å². The van der Waals surface area contributed by atoms with E-state index in [-0.39, 0.29) is 31.2 Å². The number of hydrogen-bond donors (Lipinski definition) is 3. The van der Waals surface area contributed by atoms with E-state index in [1.54, 1.807) is 30.3 Å². The molecule has 7 nitrogen and oxygen atoms in total. The van der Waals surface area contributed by atoms with Crippen LogP contribution in [0, 0.1) is 5.82 Å². The molecule has 0 radical (unpaired) electrons. The molecule has 2 aromatic rings. The van der Waals surface area contributed by atoms with E-state index in [1.807, 2.05) is 0 Å². The third-order valence-corrected chi connectivity index (χ3v) is 5.56. The summed E-state index contributed by atoms with van der Waals surface area (Å²) >= 11 is 0. The van der Waals surface area contributed by atoms with Crippen LogP contribution in [0.1, 0.15) is 24.0 Å². The smallest absolute Gasteiger partial charge is 0.268 e. The van der Waals surface area contributed by atoms with Gasteiger partial charge in [0.2, 0.25) is 11.5 Å². The van der Waals surface area contributed by atoms with Crippen molar-refractivity contribution < 1.29 is 23.9 Å². The van der Waals surface area contributed by atoms with Crippen LogP contribution in [0.2, 0.25) is 0 Å². The minimum atomic E-state index is -2.13. The molecule has 0 aromatic heterocycles. The number of hydrogen-bond acceptors (Lipinski definition) is 4. The summed E-state index contributed by atoms with van der Waals surface area (Å²) in [7, 11) is 0. The molecule has 0 bridgehead atoms. The van der Waals surface area contributed by atoms with Gasteiger partial charge in [-0.1, -0.05) is 12.1 Å². The average molecular weight is 411 g/mol. The molecule has 30 heavy (non-hydrogen) atoms. The Bertz CT molecular complexity index is 1030. The molecule has 2 aliphatic rings. The first kappa shape index (κ1) is 20.0. The summed E-state index contributed by atoms with van der Waals surface area (Å²) in [6, 6.07) is 11.3. The average Bonchev–Trinajstić information content (AvgIpc) is 3.03. The fourth-order valence-corrected chi connectivity index (χ4v) is 3.86. The number of nitrogens with zero attached hydrogens (tertiary/aromatic N) is 1. The Balaban J connectivity index is 1.41. The third-order valence-electron chi connectivity index (χ3n) is 5.56. The number of nitrogens with one attached hydrogen (secondary N) is 2. The van der Waals surface area contributed by atoms with E-state index < -0.39 is 17.4 Å². The number of amides is 3. The number of anilines is 2. The number of carbonyl (C=O) groups is 3. The van der Waals surface area contributed by atoms with Crippen molar-refractivity contribution in [3.8, 4) is 0 Å². The minimum absolute atomic E-state index is 0.0224. The maximum absolute atomic E-state index is 13.2. The molecule has 1 atom stereocenters. The third kappa shape index (κ3) is 3.78. The Morgan fingerprint density at radius 3 is 2.83 bits per heavy atom. The lowest BCUT2D eigenvalue weighted by atomic mass is 10.0. The number of fused-ring (bicyclic) bond motifs is 1. The van der Waals surface area contributed by atoms with Gasteiger partial charge in [-0.15, -0.1) is 0 Å². The highest BCUT2D eigenvalue weighted by Gasteiger charge is 2.51. The van der Waals surface area contributed by atoms with E-state index in [0.717, 1.165) is 5.56 Å². The first-order valence-electron chi connectivity index (χ1n) is 9.87. The topological polar surface area (TPSA) is 98.7 Å². The van der Waals surface area contributed by atoms with Gasteiger partial charge in [0, 0.05) is 37.3 Å². The first-order chi connectivity index (χ1) is 14.4. The summed E-state index contributed by atoms with van der Waals surface area (Å²) < 4.78 is 13.2. The Labute approximate surface area is 172 Å². The number of carbonyl (C=O) groups excluding carboxylic acids is 3. The predicted molar refractivity (Wildman–Crippen MR) is 108 cm³/mol. The lowest BCUT2D eigenvalue weighted by Crippen LogP contribution is -2.52. The normalized spacial score (nSPS) is 20.7. The molecule has 2 heterocycles. The van der Waals surface area contributed by atoms with Crippen molar-refractivity contribution in [3.05, 3.63) is 59.4 Å². The molecule has 4 rings (SSSR count). The van der Waals surface area contributed by atoms with Crippen molar-refractivity contribution >= 4 is 29.1 Å². The zero-order valence-corrected chi connectivity index (χ0v) is 16.3. The van der Waals surface area contributed by atoms with Gasteiger partial charge >= 0.3 is 0 Å². The van der Waals surface area contributed by atoms with Crippen LogP contribution in [0.4, 0.5) is 15.8 Å². The van der Waals surface area contributed by atoms with Crippen LogP contribution in [-0.4, -0.2) is 41.5 Å². The highest BCUT2D eigenvalue weighted by molar-refractivity contribution is 6.16. The Kier molecular flexibility index (Phi) is 5.26. The van der Waals surface area contributed by atoms with Crippen LogP contribution in [0.15, 0.2) is 42.5 Å². The van der Waals surface area contributed by atoms with Crippen molar-refractivity contribution in [2.75, 3.05) is 23.3 Å². The molecule has 156 valence electrons. The van der Waals surface area contributed by atoms with Gasteiger partial charge in [-0.2, -0.15) is 0 Å². The second-order valence-corrected chi connectivity index (χ2v) is 7.59. The lowest BCUT2D eigenvalue weighted by Gasteiger charge is -2.23. The van der Waals surface area contributed by atoms with Crippen LogP contribution in [0.25, 0.3) is 0 Å². The van der Waals surface area contributed by atoms with E-state index >= 15 is 0 Å². The Morgan fingerprint density at radius 1 is 1.20 bits per heavy atom. The van der Waals surface area contributed by atoms with Gasteiger partial charge in [0.05, 0.1) is 0 Å². The van der Waals surface area contributed by atoms with Crippen molar-refractivity contribution in [2.24, 2.45) is 0 Å². The molecular weight excluding hydrogens is 389 g/mol. The van der Waals surface area contributed by atoms with Crippen LogP contribution in [0.5, 0.6) is 0 Å². The standard InChI is InChI=1S/C22H22FN3O4/c23-16-3-1-2-14(12-16)8-10-24-20(28)22(30)9-11-26(21(22)29)17-5-6-18-15(13-17)4-7-19(27)25-18/h1-3,5-6,12-13,30H,4,7-11H2,(H,24,28)(H,25,27). The molecular formula is C22H22FN3O4. The second kappa shape index (κ2) is 7.87. The molecule has 0 aliphatic carbocycles. The SMILES string of the molecule is O=C1CCc2cc(N3CCC(O)(C(=O)NCCc4cccc(F)c4)C3=O)ccc2N1. The number of aryl methyl sites for hydroxylation is 1. The van der Waals surface area contributed by atoms with E-state index in [4.69, 9.17) is 0 Å². The maximum Gasteiger partial charge on any atom is 0.268 e. The molecule has 8 heteroatoms. The molecule has 3 amide bonds. The quantitative estimate of drug-likeness (QED) is 0.650. The van der Waals surface area contributed by atoms with Crippen molar-refractivity contribution in [2.45, 2.75) is 31.3 Å². The van der Waals surface area contributed by atoms with Gasteiger partial charge in [0.1, 0.15) is 5.82 Å². The fraction of sp³-hybridized carbons (Fsp3) is 0.318. The zero-order chi connectivity index (χ0) is 21.3. The van der Waals surface area contributed by atoms with Crippen LogP contribution < -0.4 is 15.5 Å². The Morgan fingerprint density at radius 2 is 2.03 bits per heavy atom. The monoisotopic (exact) mass is 411 g/mol. The first-order valence-corrected chi connectivity index (χ1v) is 9.87. The largest absolute Gasteiger partial charge is 0.372 e. The highest BCUT2D eigenvalue weighted by Crippen LogP contribution is 2.32. The minimum Gasteiger partial charge on any atom is -0.372 e. The van der Waals surface area contributed by atoms with Gasteiger partial charge in [-0.3, -0.25) is 14.4 Å². The van der Waals surface area contributed by atoms with Crippen molar-refractivity contribution in [1.82, 2.24) is 5.32 Å². The molecule has 2 aliphatic heterocycles. The molecule has 0 saturated carbocycles. The summed E-state index contributed by atoms with van der Waals surface area (Å²) in [5, 5.41) is 16.1. The molecule has 0 spiro atoms. The molecule has 1 unspecified atom stereocenters. The van der Waals surface area contributed by atoms with E-state index in [0.29, 0.717) is 36.2 Å². The van der Waals surface area contributed by atoms with Gasteiger partial charge in [-0.25, -0.2) is 4.39 Å². The second-order valence-electron chi connectivity index (χ2n) is 7.59. The number of aliphatic hydroxyl groups is 1. The van der Waals surface area contributed by atoms with Crippen LogP contribution >= 0.6 is 0 Å². The summed E-state index contributed by atoms with van der Waals surface area (Å²) in [6.07, 6.45) is 1.31. The van der Waals surface area contributed by atoms with Crippen molar-refractivity contribution in [1.29, 1.82) is 0 Å². The summed E-state index contributed by atoms with van der Waals surface area (Å²) in [5.74, 6) is -1.83. The fourth-order valence-electron chi connectivity index (χ4n) is 3.86. The summed E-state index contributed by atoms with van der Waals surface area (Å²) in [6.45, 7) is 0.383. The van der Waals surface area contributed by atoms with Gasteiger partial charge in [0.25, 0.3) is 11.8 Å². The van der Waals surface area contributed by atoms with Gasteiger partial charge < -0.3 is 20.6 Å². The van der Waals surface area contributed by atoms with Gasteiger partial charge in [-0.05, 0) is 54.3 Å². The Hall–Kier alpha value is -3.26. The molecule has 1 saturated heterocycles. The summed E-state index contributed by atoms with van der Waals surface area (Å²) in [4.78, 5) is 38.3. The van der Waals surface area contributed by atoms with Crippen molar-refractivity contribution in [3.63, 3.8) is 0 Å². The zero-order valence-electron chi connectivity index (χ0n) is 16.3. The maximum atomic E-state index is 13.2. The van der Waals surface area contributed by atoms with Gasteiger partial charge in [0.15, 0.2) is 0 Å². The number of benzene rings is 2. The number of halogens is 1. The van der Waals surface area contributed by atoms with E-state index in [2.05, 4.69) is 10.6 Å². The summed E-state index contributed by atoms with van der Waals surface area (Å²) in [5.41, 5.74) is 0.787. The molecule has 3 N–H and O–H groups in total. The van der Waals surface area contributed by atoms with E-state index in [1.165, 1.54) is 17.0 Å². The predicted octanol–water partition coefficient (Wildman–Crippen LogP) is 1.54. The molecule has 2 aromatic carbocycles. The molecule has 1 fully saturated rings.